The molecule has 26 heavy (non-hydrogen) atoms. The predicted molar refractivity (Wildman–Crippen MR) is 99.4 cm³/mol. The van der Waals surface area contributed by atoms with Gasteiger partial charge >= 0.3 is 21.2 Å². The quantitative estimate of drug-likeness (QED) is 0.275. The van der Waals surface area contributed by atoms with E-state index >= 15 is 0 Å². The van der Waals surface area contributed by atoms with Gasteiger partial charge in [0, 0.05) is 6.54 Å². The summed E-state index contributed by atoms with van der Waals surface area (Å²) in [6.45, 7) is 9.80. The molecule has 0 radical (unpaired) electrons. The van der Waals surface area contributed by atoms with Crippen molar-refractivity contribution in [3.05, 3.63) is 0 Å². The lowest BCUT2D eigenvalue weighted by Crippen LogP contribution is -2.31. The summed E-state index contributed by atoms with van der Waals surface area (Å²) in [5.41, 5.74) is 0. The van der Waals surface area contributed by atoms with Crippen LogP contribution in [0.1, 0.15) is 41.0 Å². The summed E-state index contributed by atoms with van der Waals surface area (Å²) >= 11 is 0. The Morgan fingerprint density at radius 1 is 0.731 bits per heavy atom. The minimum atomic E-state index is -3.43. The fourth-order valence-electron chi connectivity index (χ4n) is 2.18. The van der Waals surface area contributed by atoms with Crippen LogP contribution in [0.2, 0.25) is 0 Å². The molecular weight excluding hydrogens is 384 g/mol. The lowest BCUT2D eigenvalue weighted by molar-refractivity contribution is -0.143. The lowest BCUT2D eigenvalue weighted by Gasteiger charge is -2.29. The van der Waals surface area contributed by atoms with Crippen LogP contribution in [0.5, 0.6) is 0 Å². The number of carbonyl (C=O) groups excluding carboxylic acids is 1. The van der Waals surface area contributed by atoms with Crippen LogP contribution in [0.15, 0.2) is 0 Å². The summed E-state index contributed by atoms with van der Waals surface area (Å²) < 4.78 is 51.7. The number of ether oxygens (including phenoxy) is 1. The minimum Gasteiger partial charge on any atom is -0.466 e. The van der Waals surface area contributed by atoms with Gasteiger partial charge < -0.3 is 22.8 Å². The zero-order valence-electron chi connectivity index (χ0n) is 16.5. The van der Waals surface area contributed by atoms with Crippen molar-refractivity contribution in [1.29, 1.82) is 0 Å². The Bertz CT molecular complexity index is 436. The van der Waals surface area contributed by atoms with Crippen LogP contribution < -0.4 is 0 Å². The number of carbonyl (C=O) groups is 1. The summed E-state index contributed by atoms with van der Waals surface area (Å²) in [5.74, 6) is -0.400. The Kier molecular flexibility index (Phi) is 13.7. The van der Waals surface area contributed by atoms with Crippen molar-refractivity contribution in [1.82, 2.24) is 4.90 Å². The molecule has 0 N–H and O–H groups in total. The Balaban J connectivity index is 5.27. The van der Waals surface area contributed by atoms with Crippen molar-refractivity contribution in [2.75, 3.05) is 52.2 Å². The molecule has 0 aliphatic heterocycles. The van der Waals surface area contributed by atoms with E-state index in [9.17, 15) is 13.9 Å². The summed E-state index contributed by atoms with van der Waals surface area (Å²) in [5, 5.41) is 0. The van der Waals surface area contributed by atoms with Crippen LogP contribution in [-0.4, -0.2) is 63.0 Å². The summed E-state index contributed by atoms with van der Waals surface area (Å²) in [6.07, 6.45) is -0.208. The Morgan fingerprint density at radius 2 is 1.12 bits per heavy atom. The number of rotatable bonds is 16. The molecule has 0 fully saturated rings. The maximum Gasteiger partial charge on any atom is 0.344 e. The molecule has 0 rings (SSSR count). The van der Waals surface area contributed by atoms with E-state index in [4.69, 9.17) is 22.8 Å². The third-order valence-electron chi connectivity index (χ3n) is 2.99. The highest BCUT2D eigenvalue weighted by molar-refractivity contribution is 7.54. The van der Waals surface area contributed by atoms with Crippen molar-refractivity contribution in [3.63, 3.8) is 0 Å². The zero-order valence-corrected chi connectivity index (χ0v) is 18.3. The zero-order chi connectivity index (χ0) is 20.1. The highest BCUT2D eigenvalue weighted by atomic mass is 31.2. The molecule has 0 spiro atoms. The molecule has 0 bridgehead atoms. The summed E-state index contributed by atoms with van der Waals surface area (Å²) in [7, 11) is -6.87. The highest BCUT2D eigenvalue weighted by Gasteiger charge is 2.33. The van der Waals surface area contributed by atoms with Gasteiger partial charge in [0.2, 0.25) is 0 Å². The second kappa shape index (κ2) is 13.8. The van der Waals surface area contributed by atoms with Crippen LogP contribution >= 0.6 is 15.2 Å². The van der Waals surface area contributed by atoms with E-state index in [0.717, 1.165) is 0 Å². The summed E-state index contributed by atoms with van der Waals surface area (Å²) in [6, 6.07) is 0. The first-order valence-electron chi connectivity index (χ1n) is 8.92. The third kappa shape index (κ3) is 10.8. The largest absolute Gasteiger partial charge is 0.466 e. The molecule has 0 saturated carbocycles. The smallest absolute Gasteiger partial charge is 0.344 e. The maximum atomic E-state index is 12.8. The molecule has 9 nitrogen and oxygen atoms in total. The first kappa shape index (κ1) is 25.7. The van der Waals surface area contributed by atoms with Crippen molar-refractivity contribution in [3.8, 4) is 0 Å². The SMILES string of the molecule is CCOC(=O)CCN(CP(=O)(OCC)OCC)CP(=O)(OCC)OCC. The van der Waals surface area contributed by atoms with Crippen LogP contribution in [-0.2, 0) is 36.8 Å². The molecule has 0 aliphatic rings. The molecular formula is C15H33NO8P2. The topological polar surface area (TPSA) is 101 Å². The molecule has 0 saturated heterocycles. The van der Waals surface area contributed by atoms with E-state index in [-0.39, 0.29) is 58.6 Å². The number of hydrogen-bond donors (Lipinski definition) is 0. The Hall–Kier alpha value is -0.270. The molecule has 0 aliphatic carbocycles. The van der Waals surface area contributed by atoms with Gasteiger partial charge in [-0.25, -0.2) is 0 Å². The lowest BCUT2D eigenvalue weighted by atomic mass is 10.4. The van der Waals surface area contributed by atoms with Gasteiger partial charge in [-0.3, -0.25) is 18.8 Å². The molecule has 0 aromatic rings. The number of esters is 1. The number of nitrogens with zero attached hydrogens (tertiary/aromatic N) is 1. The van der Waals surface area contributed by atoms with Gasteiger partial charge in [-0.1, -0.05) is 0 Å². The molecule has 0 atom stereocenters. The van der Waals surface area contributed by atoms with Crippen LogP contribution in [0.3, 0.4) is 0 Å². The standard InChI is InChI=1S/C15H33NO8P2/c1-6-20-15(17)11-12-16(13-25(18,21-7-2)22-8-3)14-26(19,23-9-4)24-10-5/h6-14H2,1-5H3. The Morgan fingerprint density at radius 3 is 1.42 bits per heavy atom. The minimum absolute atomic E-state index is 0.0460. The van der Waals surface area contributed by atoms with E-state index < -0.39 is 21.2 Å². The fourth-order valence-corrected chi connectivity index (χ4v) is 5.85. The fraction of sp³-hybridized carbons (Fsp3) is 0.933. The molecule has 0 heterocycles. The van der Waals surface area contributed by atoms with Gasteiger partial charge in [-0.15, -0.1) is 0 Å². The second-order valence-electron chi connectivity index (χ2n) is 5.13. The summed E-state index contributed by atoms with van der Waals surface area (Å²) in [4.78, 5) is 13.2. The van der Waals surface area contributed by atoms with Crippen molar-refractivity contribution in [2.45, 2.75) is 41.0 Å². The van der Waals surface area contributed by atoms with E-state index in [2.05, 4.69) is 0 Å². The number of hydrogen-bond acceptors (Lipinski definition) is 9. The first-order valence-corrected chi connectivity index (χ1v) is 12.4. The maximum absolute atomic E-state index is 12.8. The van der Waals surface area contributed by atoms with Gasteiger partial charge in [0.05, 0.1) is 39.5 Å². The van der Waals surface area contributed by atoms with E-state index in [1.807, 2.05) is 0 Å². The molecule has 0 aromatic carbocycles. The molecule has 156 valence electrons. The molecule has 0 amide bonds. The average Bonchev–Trinajstić information content (AvgIpc) is 2.53. The highest BCUT2D eigenvalue weighted by Crippen LogP contribution is 2.53. The van der Waals surface area contributed by atoms with Gasteiger partial charge in [-0.05, 0) is 34.6 Å². The predicted octanol–water partition coefficient (Wildman–Crippen LogP) is 3.69. The first-order chi connectivity index (χ1) is 12.3. The van der Waals surface area contributed by atoms with Gasteiger partial charge in [0.1, 0.15) is 12.6 Å². The van der Waals surface area contributed by atoms with Crippen molar-refractivity contribution in [2.24, 2.45) is 0 Å². The Labute approximate surface area is 156 Å². The van der Waals surface area contributed by atoms with Gasteiger partial charge in [0.15, 0.2) is 0 Å². The second-order valence-corrected chi connectivity index (χ2v) is 9.17. The normalized spacial score (nSPS) is 12.5. The van der Waals surface area contributed by atoms with Gasteiger partial charge in [0.25, 0.3) is 0 Å². The van der Waals surface area contributed by atoms with E-state index in [1.54, 1.807) is 39.5 Å². The van der Waals surface area contributed by atoms with E-state index in [0.29, 0.717) is 0 Å². The molecule has 11 heteroatoms. The molecule has 0 aromatic heterocycles. The van der Waals surface area contributed by atoms with Crippen LogP contribution in [0.4, 0.5) is 0 Å². The van der Waals surface area contributed by atoms with Crippen molar-refractivity contribution >= 4 is 21.2 Å². The van der Waals surface area contributed by atoms with Crippen molar-refractivity contribution < 1.29 is 36.8 Å². The van der Waals surface area contributed by atoms with Crippen LogP contribution in [0.25, 0.3) is 0 Å². The van der Waals surface area contributed by atoms with E-state index in [1.165, 1.54) is 0 Å². The van der Waals surface area contributed by atoms with Gasteiger partial charge in [-0.2, -0.15) is 0 Å². The van der Waals surface area contributed by atoms with Crippen LogP contribution in [0, 0.1) is 0 Å². The molecule has 0 unspecified atom stereocenters. The third-order valence-corrected chi connectivity index (χ3v) is 7.09. The monoisotopic (exact) mass is 417 g/mol. The average molecular weight is 417 g/mol.